The Morgan fingerprint density at radius 1 is 0.872 bits per heavy atom. The van der Waals surface area contributed by atoms with E-state index in [2.05, 4.69) is 40.1 Å². The molecule has 0 bridgehead atoms. The molecule has 1 aromatic heterocycles. The maximum Gasteiger partial charge on any atom is 0.224 e. The van der Waals surface area contributed by atoms with Gasteiger partial charge in [-0.25, -0.2) is 4.98 Å². The summed E-state index contributed by atoms with van der Waals surface area (Å²) in [5.74, 6) is 1.71. The highest BCUT2D eigenvalue weighted by Gasteiger charge is 2.22. The maximum absolute atomic E-state index is 12.8. The third-order valence-electron chi connectivity index (χ3n) is 7.75. The third-order valence-corrected chi connectivity index (χ3v) is 7.75. The highest BCUT2D eigenvalue weighted by atomic mass is 16.5. The number of likely N-dealkylation sites (N-methyl/N-ethyl adjacent to an activating group) is 1. The molecule has 9 heteroatoms. The number of fused-ring (bicyclic) bond motifs is 1. The summed E-state index contributed by atoms with van der Waals surface area (Å²) in [4.78, 5) is 39.1. The minimum Gasteiger partial charge on any atom is -0.497 e. The van der Waals surface area contributed by atoms with Crippen molar-refractivity contribution in [3.63, 3.8) is 0 Å². The van der Waals surface area contributed by atoms with E-state index in [9.17, 15) is 9.59 Å². The summed E-state index contributed by atoms with van der Waals surface area (Å²) in [6.07, 6.45) is 0.367. The number of pyridine rings is 1. The van der Waals surface area contributed by atoms with E-state index in [4.69, 9.17) is 9.72 Å². The molecule has 0 atom stereocenters. The summed E-state index contributed by atoms with van der Waals surface area (Å²) in [5, 5.41) is 3.99. The fourth-order valence-corrected chi connectivity index (χ4v) is 5.26. The second kappa shape index (κ2) is 11.9. The second-order valence-electron chi connectivity index (χ2n) is 10.4. The zero-order chi connectivity index (χ0) is 27.4. The highest BCUT2D eigenvalue weighted by molar-refractivity contribution is 5.96. The lowest BCUT2D eigenvalue weighted by Gasteiger charge is -2.36. The molecule has 2 fully saturated rings. The number of carbonyl (C=O) groups excluding carboxylic acids is 2. The number of aromatic nitrogens is 1. The Hall–Kier alpha value is -3.85. The zero-order valence-corrected chi connectivity index (χ0v) is 23.2. The van der Waals surface area contributed by atoms with Crippen molar-refractivity contribution in [1.82, 2.24) is 14.8 Å². The van der Waals surface area contributed by atoms with E-state index in [1.54, 1.807) is 7.11 Å². The van der Waals surface area contributed by atoms with Gasteiger partial charge in [-0.1, -0.05) is 0 Å². The molecule has 0 spiro atoms. The first-order valence-corrected chi connectivity index (χ1v) is 13.7. The van der Waals surface area contributed by atoms with Crippen LogP contribution in [0.5, 0.6) is 5.75 Å². The smallest absolute Gasteiger partial charge is 0.224 e. The van der Waals surface area contributed by atoms with Gasteiger partial charge in [-0.15, -0.1) is 0 Å². The normalized spacial score (nSPS) is 16.4. The highest BCUT2D eigenvalue weighted by Crippen LogP contribution is 2.26. The van der Waals surface area contributed by atoms with Crippen LogP contribution in [0.25, 0.3) is 10.9 Å². The number of benzene rings is 2. The molecule has 5 rings (SSSR count). The lowest BCUT2D eigenvalue weighted by Crippen LogP contribution is -2.48. The number of amides is 2. The Morgan fingerprint density at radius 2 is 1.56 bits per heavy atom. The Kier molecular flexibility index (Phi) is 8.16. The largest absolute Gasteiger partial charge is 0.497 e. The molecule has 2 saturated heterocycles. The van der Waals surface area contributed by atoms with Crippen molar-refractivity contribution >= 4 is 39.9 Å². The predicted molar refractivity (Wildman–Crippen MR) is 156 cm³/mol. The number of nitrogens with zero attached hydrogens (tertiary/aromatic N) is 5. The number of hydrogen-bond acceptors (Lipinski definition) is 7. The average molecular weight is 531 g/mol. The molecule has 2 aromatic carbocycles. The number of methoxy groups -OCH3 is 1. The van der Waals surface area contributed by atoms with Crippen molar-refractivity contribution in [3.8, 4) is 5.75 Å². The molecule has 0 unspecified atom stereocenters. The molecule has 0 saturated carbocycles. The Balaban J connectivity index is 1.11. The molecule has 1 N–H and O–H groups in total. The summed E-state index contributed by atoms with van der Waals surface area (Å²) >= 11 is 0. The molecular formula is C30H38N6O3. The fourth-order valence-electron chi connectivity index (χ4n) is 5.26. The summed E-state index contributed by atoms with van der Waals surface area (Å²) in [6, 6.07) is 15.9. The molecule has 3 heterocycles. The van der Waals surface area contributed by atoms with E-state index in [-0.39, 0.29) is 24.7 Å². The monoisotopic (exact) mass is 530 g/mol. The van der Waals surface area contributed by atoms with Gasteiger partial charge in [-0.05, 0) is 68.1 Å². The van der Waals surface area contributed by atoms with Gasteiger partial charge in [0.15, 0.2) is 0 Å². The van der Waals surface area contributed by atoms with Gasteiger partial charge in [0.1, 0.15) is 11.6 Å². The minimum absolute atomic E-state index is 0.0227. The van der Waals surface area contributed by atoms with Crippen LogP contribution in [-0.2, 0) is 9.59 Å². The Morgan fingerprint density at radius 3 is 2.26 bits per heavy atom. The zero-order valence-electron chi connectivity index (χ0n) is 23.2. The molecule has 3 aromatic rings. The summed E-state index contributed by atoms with van der Waals surface area (Å²) in [6.45, 7) is 8.94. The number of aryl methyl sites for hydroxylation is 1. The third kappa shape index (κ3) is 6.42. The van der Waals surface area contributed by atoms with E-state index in [1.165, 1.54) is 0 Å². The van der Waals surface area contributed by atoms with Gasteiger partial charge in [0.2, 0.25) is 11.8 Å². The maximum atomic E-state index is 12.8. The van der Waals surface area contributed by atoms with Crippen LogP contribution < -0.4 is 19.9 Å². The minimum atomic E-state index is -0.153. The molecule has 9 nitrogen and oxygen atoms in total. The number of carbonyl (C=O) groups is 2. The molecule has 2 amide bonds. The summed E-state index contributed by atoms with van der Waals surface area (Å²) < 4.78 is 5.23. The number of piperazine rings is 2. The SMILES string of the molecule is COc1ccc(N2CCN(C(=O)CCC(=O)Nc3ccc4nc(N5CCN(C)CC5)cc(C)c4c3)CC2)cc1. The van der Waals surface area contributed by atoms with Crippen molar-refractivity contribution in [2.45, 2.75) is 19.8 Å². The second-order valence-corrected chi connectivity index (χ2v) is 10.4. The van der Waals surface area contributed by atoms with Crippen molar-refractivity contribution in [2.24, 2.45) is 0 Å². The first-order chi connectivity index (χ1) is 18.9. The van der Waals surface area contributed by atoms with E-state index >= 15 is 0 Å². The molecule has 2 aliphatic heterocycles. The molecule has 0 aliphatic carbocycles. The van der Waals surface area contributed by atoms with Crippen molar-refractivity contribution in [2.75, 3.05) is 81.6 Å². The van der Waals surface area contributed by atoms with Crippen LogP contribution in [-0.4, -0.2) is 93.1 Å². The standard InChI is InChI=1S/C30H38N6O3/c1-22-20-28(35-14-12-33(2)13-15-35)32-27-9-4-23(21-26(22)27)31-29(37)10-11-30(38)36-18-16-34(17-19-36)24-5-7-25(39-3)8-6-24/h4-9,20-21H,10-19H2,1-3H3,(H,31,37). The number of ether oxygens (including phenoxy) is 1. The Labute approximate surface area is 230 Å². The van der Waals surface area contributed by atoms with Crippen LogP contribution in [0.1, 0.15) is 18.4 Å². The molecule has 2 aliphatic rings. The van der Waals surface area contributed by atoms with E-state index < -0.39 is 0 Å². The molecule has 0 radical (unpaired) electrons. The fraction of sp³-hybridized carbons (Fsp3) is 0.433. The van der Waals surface area contributed by atoms with Crippen molar-refractivity contribution in [1.29, 1.82) is 0 Å². The number of hydrogen-bond donors (Lipinski definition) is 1. The lowest BCUT2D eigenvalue weighted by atomic mass is 10.1. The van der Waals surface area contributed by atoms with E-state index in [1.807, 2.05) is 47.4 Å². The first kappa shape index (κ1) is 26.7. The molecule has 39 heavy (non-hydrogen) atoms. The average Bonchev–Trinajstić information content (AvgIpc) is 2.96. The van der Waals surface area contributed by atoms with Crippen molar-refractivity contribution < 1.29 is 14.3 Å². The van der Waals surface area contributed by atoms with Gasteiger partial charge in [0.25, 0.3) is 0 Å². The topological polar surface area (TPSA) is 81.2 Å². The van der Waals surface area contributed by atoms with Gasteiger partial charge in [0.05, 0.1) is 12.6 Å². The van der Waals surface area contributed by atoms with Crippen LogP contribution in [0.4, 0.5) is 17.2 Å². The Bertz CT molecular complexity index is 1310. The summed E-state index contributed by atoms with van der Waals surface area (Å²) in [5.41, 5.74) is 3.91. The quantitative estimate of drug-likeness (QED) is 0.502. The molecular weight excluding hydrogens is 492 g/mol. The van der Waals surface area contributed by atoms with Gasteiger partial charge >= 0.3 is 0 Å². The number of rotatable bonds is 7. The van der Waals surface area contributed by atoms with Gasteiger partial charge in [-0.2, -0.15) is 0 Å². The number of anilines is 3. The van der Waals surface area contributed by atoms with E-state index in [0.29, 0.717) is 13.1 Å². The van der Waals surface area contributed by atoms with E-state index in [0.717, 1.165) is 78.7 Å². The van der Waals surface area contributed by atoms with Crippen LogP contribution in [0.3, 0.4) is 0 Å². The lowest BCUT2D eigenvalue weighted by molar-refractivity contribution is -0.133. The van der Waals surface area contributed by atoms with Gasteiger partial charge in [0, 0.05) is 82.0 Å². The number of nitrogens with one attached hydrogen (secondary N) is 1. The van der Waals surface area contributed by atoms with Crippen LogP contribution in [0.15, 0.2) is 48.5 Å². The first-order valence-electron chi connectivity index (χ1n) is 13.7. The van der Waals surface area contributed by atoms with Crippen LogP contribution >= 0.6 is 0 Å². The van der Waals surface area contributed by atoms with Crippen LogP contribution in [0, 0.1) is 6.92 Å². The van der Waals surface area contributed by atoms with Crippen molar-refractivity contribution in [3.05, 3.63) is 54.1 Å². The van der Waals surface area contributed by atoms with Gasteiger partial charge in [-0.3, -0.25) is 9.59 Å². The van der Waals surface area contributed by atoms with Gasteiger partial charge < -0.3 is 29.7 Å². The summed E-state index contributed by atoms with van der Waals surface area (Å²) in [7, 11) is 3.80. The predicted octanol–water partition coefficient (Wildman–Crippen LogP) is 3.37. The van der Waals surface area contributed by atoms with Crippen LogP contribution in [0.2, 0.25) is 0 Å². The molecule has 206 valence electrons.